The van der Waals surface area contributed by atoms with Crippen molar-refractivity contribution in [2.75, 3.05) is 0 Å². The second-order valence-electron chi connectivity index (χ2n) is 7.28. The number of nitrogens with zero attached hydrogens (tertiary/aromatic N) is 3. The summed E-state index contributed by atoms with van der Waals surface area (Å²) in [5, 5.41) is 0.186. The Morgan fingerprint density at radius 1 is 1.32 bits per heavy atom. The molecule has 0 saturated heterocycles. The second-order valence-corrected chi connectivity index (χ2v) is 7.69. The van der Waals surface area contributed by atoms with Crippen molar-refractivity contribution >= 4 is 35.0 Å². The van der Waals surface area contributed by atoms with Gasteiger partial charge in [-0.3, -0.25) is 14.8 Å². The highest BCUT2D eigenvalue weighted by atomic mass is 35.5. The third kappa shape index (κ3) is 4.01. The number of halogens is 2. The van der Waals surface area contributed by atoms with E-state index in [4.69, 9.17) is 11.6 Å². The van der Waals surface area contributed by atoms with E-state index in [9.17, 15) is 14.0 Å². The molecule has 0 spiro atoms. The van der Waals surface area contributed by atoms with Crippen LogP contribution in [0, 0.1) is 11.7 Å². The third-order valence-corrected chi connectivity index (χ3v) is 5.24. The van der Waals surface area contributed by atoms with Crippen LogP contribution in [0.1, 0.15) is 27.7 Å². The van der Waals surface area contributed by atoms with Crippen LogP contribution in [0.4, 0.5) is 4.39 Å². The highest BCUT2D eigenvalue weighted by molar-refractivity contribution is 6.33. The molecular formula is C23H22ClFN4O2. The number of hydrogen-bond acceptors (Lipinski definition) is 4. The predicted molar refractivity (Wildman–Crippen MR) is 124 cm³/mol. The van der Waals surface area contributed by atoms with Gasteiger partial charge in [0.1, 0.15) is 5.82 Å². The minimum absolute atomic E-state index is 0.0504. The predicted octanol–water partition coefficient (Wildman–Crippen LogP) is 5.04. The van der Waals surface area contributed by atoms with Gasteiger partial charge in [-0.2, -0.15) is 0 Å². The van der Waals surface area contributed by atoms with Crippen LogP contribution in [0.25, 0.3) is 28.0 Å². The van der Waals surface area contributed by atoms with Crippen LogP contribution in [0.15, 0.2) is 62.3 Å². The number of allylic oxidation sites excluding steroid dienone is 4. The van der Waals surface area contributed by atoms with Crippen molar-refractivity contribution in [3.05, 3.63) is 79.4 Å². The van der Waals surface area contributed by atoms with Crippen LogP contribution in [-0.4, -0.2) is 21.3 Å². The van der Waals surface area contributed by atoms with Crippen molar-refractivity contribution < 1.29 is 4.39 Å². The monoisotopic (exact) mass is 440 g/mol. The number of aromatic amines is 1. The van der Waals surface area contributed by atoms with Crippen LogP contribution in [0.2, 0.25) is 5.02 Å². The average molecular weight is 441 g/mol. The van der Waals surface area contributed by atoms with Gasteiger partial charge in [-0.05, 0) is 50.3 Å². The maximum Gasteiger partial charge on any atom is 0.334 e. The number of rotatable bonds is 5. The molecule has 3 aromatic rings. The van der Waals surface area contributed by atoms with Crippen LogP contribution in [-0.2, 0) is 0 Å². The largest absolute Gasteiger partial charge is 0.334 e. The van der Waals surface area contributed by atoms with Crippen molar-refractivity contribution in [2.24, 2.45) is 10.9 Å². The first-order valence-electron chi connectivity index (χ1n) is 9.66. The van der Waals surface area contributed by atoms with E-state index in [2.05, 4.69) is 21.7 Å². The highest BCUT2D eigenvalue weighted by Gasteiger charge is 2.21. The quantitative estimate of drug-likeness (QED) is 0.446. The number of fused-ring (bicyclic) bond motifs is 1. The van der Waals surface area contributed by atoms with Gasteiger partial charge in [0, 0.05) is 5.56 Å². The molecule has 0 aliphatic carbocycles. The van der Waals surface area contributed by atoms with Crippen molar-refractivity contribution in [3.63, 3.8) is 0 Å². The van der Waals surface area contributed by atoms with Crippen LogP contribution in [0.3, 0.4) is 0 Å². The van der Waals surface area contributed by atoms with Gasteiger partial charge in [-0.15, -0.1) is 0 Å². The Bertz CT molecular complexity index is 1370. The lowest BCUT2D eigenvalue weighted by Crippen LogP contribution is -2.31. The molecule has 0 unspecified atom stereocenters. The van der Waals surface area contributed by atoms with Crippen molar-refractivity contribution in [1.29, 1.82) is 0 Å². The molecule has 0 aliphatic heterocycles. The van der Waals surface area contributed by atoms with Gasteiger partial charge in [-0.25, -0.2) is 18.7 Å². The molecule has 0 radical (unpaired) electrons. The standard InChI is InChI=1S/C23H22ClFN4O2/c1-6-13(4)20(18(26-5)12(2)3)29-21-15(22(30)28-23(29)31)11-16(24)19(27-21)14-9-7-8-10-17(14)25/h6-12H,5H2,1-4H3,(H,28,30,31)/b13-6-,20-18+. The molecule has 6 nitrogen and oxygen atoms in total. The highest BCUT2D eigenvalue weighted by Crippen LogP contribution is 2.32. The molecule has 0 atom stereocenters. The molecule has 0 bridgehead atoms. The molecule has 0 fully saturated rings. The van der Waals surface area contributed by atoms with Crippen molar-refractivity contribution in [3.8, 4) is 11.3 Å². The minimum Gasteiger partial charge on any atom is -0.273 e. The molecule has 0 amide bonds. The fourth-order valence-corrected chi connectivity index (χ4v) is 3.60. The summed E-state index contributed by atoms with van der Waals surface area (Å²) in [7, 11) is 0. The maximum absolute atomic E-state index is 14.5. The number of H-pyrrole nitrogens is 1. The number of benzene rings is 1. The van der Waals surface area contributed by atoms with E-state index < -0.39 is 17.1 Å². The Labute approximate surface area is 183 Å². The Kier molecular flexibility index (Phi) is 6.36. The van der Waals surface area contributed by atoms with Crippen LogP contribution in [0.5, 0.6) is 0 Å². The van der Waals surface area contributed by atoms with E-state index in [0.29, 0.717) is 11.4 Å². The summed E-state index contributed by atoms with van der Waals surface area (Å²) in [6, 6.07) is 7.41. The summed E-state index contributed by atoms with van der Waals surface area (Å²) in [6.45, 7) is 11.1. The normalized spacial score (nSPS) is 12.9. The number of aromatic nitrogens is 3. The summed E-state index contributed by atoms with van der Waals surface area (Å²) < 4.78 is 15.7. The SMILES string of the molecule is C=N/C(=C(\C(C)=C/C)n1c(=O)[nH]c(=O)c2cc(Cl)c(-c3ccccc3F)nc21)C(C)C. The van der Waals surface area contributed by atoms with E-state index in [0.717, 1.165) is 5.57 Å². The first-order chi connectivity index (χ1) is 14.7. The number of hydrogen-bond donors (Lipinski definition) is 1. The zero-order chi connectivity index (χ0) is 22.9. The Balaban J connectivity index is 2.57. The van der Waals surface area contributed by atoms with Gasteiger partial charge in [-0.1, -0.05) is 43.7 Å². The van der Waals surface area contributed by atoms with Crippen LogP contribution < -0.4 is 11.2 Å². The Hall–Kier alpha value is -3.32. The fourth-order valence-electron chi connectivity index (χ4n) is 3.34. The number of pyridine rings is 1. The van der Waals surface area contributed by atoms with Gasteiger partial charge in [0.2, 0.25) is 0 Å². The van der Waals surface area contributed by atoms with Gasteiger partial charge in [0.25, 0.3) is 5.56 Å². The van der Waals surface area contributed by atoms with E-state index in [1.807, 2.05) is 33.8 Å². The molecule has 1 aromatic carbocycles. The fraction of sp³-hybridized carbons (Fsp3) is 0.217. The molecule has 2 aromatic heterocycles. The average Bonchev–Trinajstić information content (AvgIpc) is 2.73. The molecule has 1 N–H and O–H groups in total. The summed E-state index contributed by atoms with van der Waals surface area (Å²) in [4.78, 5) is 36.5. The Morgan fingerprint density at radius 2 is 2.00 bits per heavy atom. The Morgan fingerprint density at radius 3 is 2.58 bits per heavy atom. The summed E-state index contributed by atoms with van der Waals surface area (Å²) >= 11 is 6.36. The third-order valence-electron chi connectivity index (χ3n) is 4.95. The zero-order valence-electron chi connectivity index (χ0n) is 17.7. The molecule has 0 aliphatic rings. The van der Waals surface area contributed by atoms with Crippen molar-refractivity contribution in [1.82, 2.24) is 14.5 Å². The smallest absolute Gasteiger partial charge is 0.273 e. The van der Waals surface area contributed by atoms with Gasteiger partial charge < -0.3 is 0 Å². The molecule has 2 heterocycles. The molecule has 160 valence electrons. The van der Waals surface area contributed by atoms with E-state index in [-0.39, 0.29) is 33.2 Å². The number of aliphatic imine (C=N–C) groups is 1. The first-order valence-corrected chi connectivity index (χ1v) is 10.0. The van der Waals surface area contributed by atoms with Gasteiger partial charge >= 0.3 is 5.69 Å². The summed E-state index contributed by atoms with van der Waals surface area (Å²) in [5.74, 6) is -0.597. The lowest BCUT2D eigenvalue weighted by atomic mass is 10.0. The topological polar surface area (TPSA) is 80.1 Å². The molecule has 31 heavy (non-hydrogen) atoms. The van der Waals surface area contributed by atoms with Crippen molar-refractivity contribution in [2.45, 2.75) is 27.7 Å². The van der Waals surface area contributed by atoms with Gasteiger partial charge in [0.05, 0.1) is 27.5 Å². The van der Waals surface area contributed by atoms with E-state index >= 15 is 0 Å². The van der Waals surface area contributed by atoms with E-state index in [1.165, 1.54) is 22.8 Å². The second kappa shape index (κ2) is 8.81. The molecule has 8 heteroatoms. The lowest BCUT2D eigenvalue weighted by Gasteiger charge is -2.19. The van der Waals surface area contributed by atoms with Crippen LogP contribution >= 0.6 is 11.6 Å². The lowest BCUT2D eigenvalue weighted by molar-refractivity contribution is 0.631. The molecule has 3 rings (SSSR count). The van der Waals surface area contributed by atoms with Gasteiger partial charge in [0.15, 0.2) is 5.65 Å². The maximum atomic E-state index is 14.5. The minimum atomic E-state index is -0.690. The van der Waals surface area contributed by atoms with E-state index in [1.54, 1.807) is 12.1 Å². The first kappa shape index (κ1) is 22.4. The summed E-state index contributed by atoms with van der Waals surface area (Å²) in [5.41, 5.74) is 0.744. The molecular weight excluding hydrogens is 419 g/mol. The summed E-state index contributed by atoms with van der Waals surface area (Å²) in [6.07, 6.45) is 1.82. The number of nitrogens with one attached hydrogen (secondary N) is 1. The molecule has 0 saturated carbocycles. The zero-order valence-corrected chi connectivity index (χ0v) is 18.4.